The van der Waals surface area contributed by atoms with E-state index in [1.807, 2.05) is 17.8 Å². The van der Waals surface area contributed by atoms with Gasteiger partial charge < -0.3 is 14.4 Å². The summed E-state index contributed by atoms with van der Waals surface area (Å²) in [6, 6.07) is 0. The summed E-state index contributed by atoms with van der Waals surface area (Å²) in [4.78, 5) is 4.26. The number of aromatic nitrogens is 2. The van der Waals surface area contributed by atoms with Gasteiger partial charge in [-0.05, 0) is 5.92 Å². The van der Waals surface area contributed by atoms with Crippen LogP contribution in [-0.2, 0) is 17.4 Å². The Morgan fingerprint density at radius 3 is 2.94 bits per heavy atom. The van der Waals surface area contributed by atoms with Gasteiger partial charge in [-0.2, -0.15) is 0 Å². The van der Waals surface area contributed by atoms with Crippen LogP contribution in [0.1, 0.15) is 32.5 Å². The minimum absolute atomic E-state index is 0.121. The average molecular weight is 224 g/mol. The van der Waals surface area contributed by atoms with E-state index < -0.39 is 5.60 Å². The molecule has 1 aliphatic rings. The molecule has 90 valence electrons. The van der Waals surface area contributed by atoms with Crippen molar-refractivity contribution in [1.29, 1.82) is 0 Å². The molecule has 1 saturated heterocycles. The Bertz CT molecular complexity index is 362. The molecule has 0 bridgehead atoms. The summed E-state index contributed by atoms with van der Waals surface area (Å²) >= 11 is 0. The van der Waals surface area contributed by atoms with E-state index in [0.717, 1.165) is 5.82 Å². The van der Waals surface area contributed by atoms with E-state index in [0.29, 0.717) is 25.4 Å². The van der Waals surface area contributed by atoms with Crippen LogP contribution in [0.25, 0.3) is 0 Å². The molecule has 1 aromatic rings. The molecule has 2 rings (SSSR count). The first kappa shape index (κ1) is 11.6. The highest BCUT2D eigenvalue weighted by Crippen LogP contribution is 2.35. The van der Waals surface area contributed by atoms with Crippen LogP contribution < -0.4 is 0 Å². The first-order valence-electron chi connectivity index (χ1n) is 5.85. The Morgan fingerprint density at radius 2 is 2.38 bits per heavy atom. The smallest absolute Gasteiger partial charge is 0.140 e. The fourth-order valence-corrected chi connectivity index (χ4v) is 2.32. The minimum atomic E-state index is -0.828. The van der Waals surface area contributed by atoms with Gasteiger partial charge in [0.15, 0.2) is 0 Å². The zero-order valence-corrected chi connectivity index (χ0v) is 10.2. The molecule has 0 spiro atoms. The van der Waals surface area contributed by atoms with Gasteiger partial charge in [0.05, 0.1) is 12.7 Å². The van der Waals surface area contributed by atoms with E-state index in [1.54, 1.807) is 6.20 Å². The van der Waals surface area contributed by atoms with E-state index in [2.05, 4.69) is 18.8 Å². The predicted octanol–water partition coefficient (Wildman–Crippen LogP) is 1.44. The van der Waals surface area contributed by atoms with Crippen molar-refractivity contribution in [3.05, 3.63) is 18.2 Å². The topological polar surface area (TPSA) is 47.3 Å². The van der Waals surface area contributed by atoms with Crippen molar-refractivity contribution in [2.24, 2.45) is 13.0 Å². The third kappa shape index (κ3) is 1.99. The van der Waals surface area contributed by atoms with E-state index in [9.17, 15) is 5.11 Å². The highest BCUT2D eigenvalue weighted by atomic mass is 16.5. The second-order valence-electron chi connectivity index (χ2n) is 5.00. The second kappa shape index (κ2) is 4.18. The zero-order valence-electron chi connectivity index (χ0n) is 10.2. The van der Waals surface area contributed by atoms with Crippen molar-refractivity contribution < 1.29 is 9.84 Å². The number of rotatable bonds is 2. The van der Waals surface area contributed by atoms with Gasteiger partial charge in [0.1, 0.15) is 11.4 Å². The quantitative estimate of drug-likeness (QED) is 0.827. The van der Waals surface area contributed by atoms with Gasteiger partial charge in [-0.25, -0.2) is 4.98 Å². The van der Waals surface area contributed by atoms with Crippen molar-refractivity contribution in [2.45, 2.75) is 38.4 Å². The molecular weight excluding hydrogens is 204 g/mol. The Morgan fingerprint density at radius 1 is 1.62 bits per heavy atom. The van der Waals surface area contributed by atoms with Gasteiger partial charge >= 0.3 is 0 Å². The average Bonchev–Trinajstić information content (AvgIpc) is 2.65. The molecule has 1 aliphatic heterocycles. The van der Waals surface area contributed by atoms with Gasteiger partial charge in [-0.15, -0.1) is 0 Å². The van der Waals surface area contributed by atoms with E-state index in [4.69, 9.17) is 4.74 Å². The summed E-state index contributed by atoms with van der Waals surface area (Å²) in [5, 5.41) is 10.7. The van der Waals surface area contributed by atoms with Crippen LogP contribution in [-0.4, -0.2) is 27.4 Å². The first-order chi connectivity index (χ1) is 7.53. The molecule has 1 fully saturated rings. The van der Waals surface area contributed by atoms with Gasteiger partial charge in [0.2, 0.25) is 0 Å². The molecule has 16 heavy (non-hydrogen) atoms. The number of nitrogens with zero attached hydrogens (tertiary/aromatic N) is 2. The Kier molecular flexibility index (Phi) is 3.04. The number of ether oxygens (including phenoxy) is 1. The molecule has 2 heterocycles. The lowest BCUT2D eigenvalue weighted by Crippen LogP contribution is -2.42. The van der Waals surface area contributed by atoms with Crippen LogP contribution in [0.5, 0.6) is 0 Å². The molecule has 0 radical (unpaired) electrons. The van der Waals surface area contributed by atoms with Crippen molar-refractivity contribution in [3.63, 3.8) is 0 Å². The normalized spacial score (nSPS) is 30.9. The lowest BCUT2D eigenvalue weighted by Gasteiger charge is -2.37. The molecule has 0 aromatic carbocycles. The lowest BCUT2D eigenvalue weighted by molar-refractivity contribution is -0.126. The van der Waals surface area contributed by atoms with Crippen molar-refractivity contribution in [2.75, 3.05) is 6.61 Å². The fraction of sp³-hybridized carbons (Fsp3) is 0.750. The largest absolute Gasteiger partial charge is 0.382 e. The lowest BCUT2D eigenvalue weighted by atomic mass is 9.85. The van der Waals surface area contributed by atoms with Crippen molar-refractivity contribution in [1.82, 2.24) is 9.55 Å². The number of imidazole rings is 1. The second-order valence-corrected chi connectivity index (χ2v) is 5.00. The van der Waals surface area contributed by atoms with Crippen molar-refractivity contribution in [3.8, 4) is 0 Å². The highest BCUT2D eigenvalue weighted by Gasteiger charge is 2.40. The van der Waals surface area contributed by atoms with Crippen LogP contribution in [0.15, 0.2) is 12.4 Å². The number of hydrogen-bond donors (Lipinski definition) is 1. The maximum Gasteiger partial charge on any atom is 0.140 e. The Balaban J connectivity index is 2.22. The maximum atomic E-state index is 10.7. The summed E-state index contributed by atoms with van der Waals surface area (Å²) < 4.78 is 7.57. The SMILES string of the molecule is CC(C)C1CC(O)(c2nccn2C)CCO1. The summed E-state index contributed by atoms with van der Waals surface area (Å²) in [6.07, 6.45) is 4.98. The molecule has 0 aliphatic carbocycles. The third-order valence-corrected chi connectivity index (χ3v) is 3.37. The number of hydrogen-bond acceptors (Lipinski definition) is 3. The molecule has 2 atom stereocenters. The fourth-order valence-electron chi connectivity index (χ4n) is 2.32. The number of aliphatic hydroxyl groups is 1. The minimum Gasteiger partial charge on any atom is -0.382 e. The summed E-state index contributed by atoms with van der Waals surface area (Å²) in [5.74, 6) is 1.17. The van der Waals surface area contributed by atoms with Crippen molar-refractivity contribution >= 4 is 0 Å². The summed E-state index contributed by atoms with van der Waals surface area (Å²) in [5.41, 5.74) is -0.828. The first-order valence-corrected chi connectivity index (χ1v) is 5.85. The molecule has 1 aromatic heterocycles. The van der Waals surface area contributed by atoms with Gasteiger partial charge in [-0.3, -0.25) is 0 Å². The number of aryl methyl sites for hydroxylation is 1. The van der Waals surface area contributed by atoms with Gasteiger partial charge in [-0.1, -0.05) is 13.8 Å². The molecule has 0 amide bonds. The van der Waals surface area contributed by atoms with E-state index in [-0.39, 0.29) is 6.10 Å². The Hall–Kier alpha value is -0.870. The van der Waals surface area contributed by atoms with E-state index >= 15 is 0 Å². The summed E-state index contributed by atoms with van der Waals surface area (Å²) in [6.45, 7) is 4.84. The van der Waals surface area contributed by atoms with Gasteiger partial charge in [0.25, 0.3) is 0 Å². The standard InChI is InChI=1S/C12H20N2O2/c1-9(2)10-8-12(15,4-7-16-10)11-13-5-6-14(11)3/h5-6,9-10,15H,4,7-8H2,1-3H3. The van der Waals surface area contributed by atoms with Crippen LogP contribution in [0, 0.1) is 5.92 Å². The van der Waals surface area contributed by atoms with Gasteiger partial charge in [0, 0.05) is 32.3 Å². The van der Waals surface area contributed by atoms with Crippen LogP contribution in [0.2, 0.25) is 0 Å². The summed E-state index contributed by atoms with van der Waals surface area (Å²) in [7, 11) is 1.92. The zero-order chi connectivity index (χ0) is 11.8. The molecular formula is C12H20N2O2. The highest BCUT2D eigenvalue weighted by molar-refractivity contribution is 5.06. The molecule has 0 saturated carbocycles. The maximum absolute atomic E-state index is 10.7. The molecule has 4 heteroatoms. The van der Waals surface area contributed by atoms with E-state index in [1.165, 1.54) is 0 Å². The van der Waals surface area contributed by atoms with Crippen LogP contribution in [0.4, 0.5) is 0 Å². The van der Waals surface area contributed by atoms with Crippen LogP contribution >= 0.6 is 0 Å². The predicted molar refractivity (Wildman–Crippen MR) is 60.9 cm³/mol. The van der Waals surface area contributed by atoms with Crippen LogP contribution in [0.3, 0.4) is 0 Å². The molecule has 1 N–H and O–H groups in total. The molecule has 2 unspecified atom stereocenters. The monoisotopic (exact) mass is 224 g/mol. The third-order valence-electron chi connectivity index (χ3n) is 3.37. The molecule has 4 nitrogen and oxygen atoms in total. The Labute approximate surface area is 96.3 Å².